The third-order valence-corrected chi connectivity index (χ3v) is 4.28. The molecule has 116 valence electrons. The Balaban J connectivity index is 1.93. The summed E-state index contributed by atoms with van der Waals surface area (Å²) in [5.41, 5.74) is 3.60. The van der Waals surface area contributed by atoms with E-state index in [4.69, 9.17) is 5.11 Å². The van der Waals surface area contributed by atoms with Crippen molar-refractivity contribution in [3.05, 3.63) is 34.9 Å². The summed E-state index contributed by atoms with van der Waals surface area (Å²) in [6, 6.07) is 6.46. The number of rotatable bonds is 4. The van der Waals surface area contributed by atoms with Crippen LogP contribution in [0.1, 0.15) is 42.4 Å². The van der Waals surface area contributed by atoms with Crippen LogP contribution in [0.15, 0.2) is 18.2 Å². The zero-order valence-corrected chi connectivity index (χ0v) is 13.1. The number of nitrogens with one attached hydrogen (secondary N) is 1. The van der Waals surface area contributed by atoms with Crippen LogP contribution < -0.4 is 5.32 Å². The summed E-state index contributed by atoms with van der Waals surface area (Å²) >= 11 is 0. The number of piperidine rings is 1. The number of carbonyl (C=O) groups excluding carboxylic acids is 1. The molecule has 2 N–H and O–H groups in total. The first-order valence-electron chi connectivity index (χ1n) is 7.83. The van der Waals surface area contributed by atoms with Crippen molar-refractivity contribution in [2.75, 3.05) is 13.2 Å². The molecule has 1 saturated heterocycles. The van der Waals surface area contributed by atoms with Crippen molar-refractivity contribution in [3.63, 3.8) is 0 Å². The maximum atomic E-state index is 12.4. The van der Waals surface area contributed by atoms with E-state index < -0.39 is 0 Å². The van der Waals surface area contributed by atoms with E-state index >= 15 is 0 Å². The van der Waals surface area contributed by atoms with Crippen molar-refractivity contribution in [2.45, 2.75) is 52.1 Å². The van der Waals surface area contributed by atoms with Crippen LogP contribution in [-0.2, 0) is 6.54 Å². The molecule has 1 heterocycles. The number of aliphatic hydroxyl groups excluding tert-OH is 1. The predicted octanol–water partition coefficient (Wildman–Crippen LogP) is 2.75. The fourth-order valence-electron chi connectivity index (χ4n) is 3.03. The van der Waals surface area contributed by atoms with Crippen molar-refractivity contribution < 1.29 is 9.90 Å². The van der Waals surface area contributed by atoms with Crippen LogP contribution in [0.4, 0.5) is 4.79 Å². The molecule has 1 unspecified atom stereocenters. The Kier molecular flexibility index (Phi) is 5.62. The Bertz CT molecular complexity index is 486. The molecule has 0 spiro atoms. The highest BCUT2D eigenvalue weighted by Gasteiger charge is 2.25. The molecule has 2 amide bonds. The Morgan fingerprint density at radius 1 is 1.38 bits per heavy atom. The normalized spacial score (nSPS) is 18.6. The second-order valence-electron chi connectivity index (χ2n) is 5.94. The summed E-state index contributed by atoms with van der Waals surface area (Å²) in [7, 11) is 0. The molecule has 4 heteroatoms. The minimum absolute atomic E-state index is 0.00637. The zero-order chi connectivity index (χ0) is 15.2. The van der Waals surface area contributed by atoms with E-state index in [2.05, 4.69) is 37.4 Å². The SMILES string of the molecule is Cc1ccc(CNC(=O)N2CCCCC2CCO)c(C)c1. The van der Waals surface area contributed by atoms with Crippen LogP contribution in [0.5, 0.6) is 0 Å². The van der Waals surface area contributed by atoms with E-state index in [1.807, 2.05) is 4.90 Å². The van der Waals surface area contributed by atoms with Crippen LogP contribution in [0.3, 0.4) is 0 Å². The molecule has 0 bridgehead atoms. The summed E-state index contributed by atoms with van der Waals surface area (Å²) in [4.78, 5) is 14.3. The molecule has 1 atom stereocenters. The second-order valence-corrected chi connectivity index (χ2v) is 5.94. The van der Waals surface area contributed by atoms with Gasteiger partial charge in [0.1, 0.15) is 0 Å². The van der Waals surface area contributed by atoms with Gasteiger partial charge in [0.25, 0.3) is 0 Å². The van der Waals surface area contributed by atoms with Gasteiger partial charge in [0.05, 0.1) is 0 Å². The van der Waals surface area contributed by atoms with Crippen LogP contribution in [0, 0.1) is 13.8 Å². The van der Waals surface area contributed by atoms with Crippen LogP contribution in [-0.4, -0.2) is 35.2 Å². The lowest BCUT2D eigenvalue weighted by Gasteiger charge is -2.35. The molecule has 1 aromatic rings. The van der Waals surface area contributed by atoms with Gasteiger partial charge >= 0.3 is 6.03 Å². The summed E-state index contributed by atoms with van der Waals surface area (Å²) in [6.07, 6.45) is 3.87. The average Bonchev–Trinajstić information content (AvgIpc) is 2.47. The summed E-state index contributed by atoms with van der Waals surface area (Å²) in [5, 5.41) is 12.2. The van der Waals surface area contributed by atoms with Gasteiger partial charge in [0.15, 0.2) is 0 Å². The molecular formula is C17H26N2O2. The van der Waals surface area contributed by atoms with Gasteiger partial charge in [-0.3, -0.25) is 0 Å². The Labute approximate surface area is 127 Å². The lowest BCUT2D eigenvalue weighted by molar-refractivity contribution is 0.131. The number of aliphatic hydroxyl groups is 1. The number of urea groups is 1. The highest BCUT2D eigenvalue weighted by atomic mass is 16.3. The highest BCUT2D eigenvalue weighted by molar-refractivity contribution is 5.74. The minimum atomic E-state index is -0.00637. The van der Waals surface area contributed by atoms with Crippen molar-refractivity contribution in [1.29, 1.82) is 0 Å². The molecular weight excluding hydrogens is 264 g/mol. The van der Waals surface area contributed by atoms with E-state index in [0.29, 0.717) is 13.0 Å². The minimum Gasteiger partial charge on any atom is -0.396 e. The molecule has 0 aromatic heterocycles. The number of carbonyl (C=O) groups is 1. The molecule has 0 saturated carbocycles. The number of hydrogen-bond donors (Lipinski definition) is 2. The fourth-order valence-corrected chi connectivity index (χ4v) is 3.03. The molecule has 1 fully saturated rings. The predicted molar refractivity (Wildman–Crippen MR) is 84.2 cm³/mol. The quantitative estimate of drug-likeness (QED) is 0.896. The Hall–Kier alpha value is -1.55. The molecule has 2 rings (SSSR count). The van der Waals surface area contributed by atoms with E-state index in [-0.39, 0.29) is 18.7 Å². The van der Waals surface area contributed by atoms with Gasteiger partial charge in [-0.1, -0.05) is 23.8 Å². The molecule has 1 aliphatic heterocycles. The van der Waals surface area contributed by atoms with Gasteiger partial charge in [0, 0.05) is 25.7 Å². The van der Waals surface area contributed by atoms with Gasteiger partial charge in [-0.15, -0.1) is 0 Å². The van der Waals surface area contributed by atoms with Crippen molar-refractivity contribution in [2.24, 2.45) is 0 Å². The number of amides is 2. The first kappa shape index (κ1) is 15.8. The topological polar surface area (TPSA) is 52.6 Å². The number of benzene rings is 1. The largest absolute Gasteiger partial charge is 0.396 e. The Morgan fingerprint density at radius 3 is 2.90 bits per heavy atom. The standard InChI is InChI=1S/C17H26N2O2/c1-13-6-7-15(14(2)11-13)12-18-17(21)19-9-4-3-5-16(19)8-10-20/h6-7,11,16,20H,3-5,8-10,12H2,1-2H3,(H,18,21). The highest BCUT2D eigenvalue weighted by Crippen LogP contribution is 2.19. The second kappa shape index (κ2) is 7.46. The number of hydrogen-bond acceptors (Lipinski definition) is 2. The van der Waals surface area contributed by atoms with E-state index in [0.717, 1.165) is 31.4 Å². The molecule has 4 nitrogen and oxygen atoms in total. The monoisotopic (exact) mass is 290 g/mol. The average molecular weight is 290 g/mol. The first-order valence-corrected chi connectivity index (χ1v) is 7.83. The van der Waals surface area contributed by atoms with Crippen LogP contribution in [0.2, 0.25) is 0 Å². The van der Waals surface area contributed by atoms with Gasteiger partial charge in [-0.05, 0) is 50.7 Å². The van der Waals surface area contributed by atoms with Gasteiger partial charge in [-0.25, -0.2) is 4.79 Å². The maximum absolute atomic E-state index is 12.4. The summed E-state index contributed by atoms with van der Waals surface area (Å²) in [5.74, 6) is 0. The third kappa shape index (κ3) is 4.21. The molecule has 0 radical (unpaired) electrons. The lowest BCUT2D eigenvalue weighted by Crippen LogP contribution is -2.48. The van der Waals surface area contributed by atoms with Crippen LogP contribution in [0.25, 0.3) is 0 Å². The summed E-state index contributed by atoms with van der Waals surface area (Å²) in [6.45, 7) is 5.65. The lowest BCUT2D eigenvalue weighted by atomic mass is 10.00. The van der Waals surface area contributed by atoms with Gasteiger partial charge < -0.3 is 15.3 Å². The van der Waals surface area contributed by atoms with Crippen LogP contribution >= 0.6 is 0 Å². The van der Waals surface area contributed by atoms with E-state index in [1.54, 1.807) is 0 Å². The smallest absolute Gasteiger partial charge is 0.317 e. The van der Waals surface area contributed by atoms with Crippen molar-refractivity contribution in [1.82, 2.24) is 10.2 Å². The Morgan fingerprint density at radius 2 is 2.19 bits per heavy atom. The fraction of sp³-hybridized carbons (Fsp3) is 0.588. The van der Waals surface area contributed by atoms with E-state index in [9.17, 15) is 4.79 Å². The third-order valence-electron chi connectivity index (χ3n) is 4.28. The molecule has 1 aliphatic rings. The first-order chi connectivity index (χ1) is 10.1. The molecule has 1 aromatic carbocycles. The maximum Gasteiger partial charge on any atom is 0.317 e. The number of likely N-dealkylation sites (tertiary alicyclic amines) is 1. The number of aryl methyl sites for hydroxylation is 2. The van der Waals surface area contributed by atoms with Crippen molar-refractivity contribution >= 4 is 6.03 Å². The molecule has 0 aliphatic carbocycles. The zero-order valence-electron chi connectivity index (χ0n) is 13.1. The van der Waals surface area contributed by atoms with Crippen molar-refractivity contribution in [3.8, 4) is 0 Å². The summed E-state index contributed by atoms with van der Waals surface area (Å²) < 4.78 is 0. The molecule has 21 heavy (non-hydrogen) atoms. The van der Waals surface area contributed by atoms with E-state index in [1.165, 1.54) is 11.1 Å². The number of nitrogens with zero attached hydrogens (tertiary/aromatic N) is 1. The van der Waals surface area contributed by atoms with Gasteiger partial charge in [-0.2, -0.15) is 0 Å². The van der Waals surface area contributed by atoms with Gasteiger partial charge in [0.2, 0.25) is 0 Å².